The summed E-state index contributed by atoms with van der Waals surface area (Å²) in [6.07, 6.45) is 1.12. The van der Waals surface area contributed by atoms with E-state index in [-0.39, 0.29) is 5.56 Å². The average molecular weight is 317 g/mol. The van der Waals surface area contributed by atoms with Crippen molar-refractivity contribution in [1.29, 1.82) is 0 Å². The second-order valence-corrected chi connectivity index (χ2v) is 6.44. The van der Waals surface area contributed by atoms with Crippen molar-refractivity contribution in [2.45, 2.75) is 26.4 Å². The standard InChI is InChI=1S/C15H15N3O3S/c1-15(2,3)21-14(20)18-8-10(12-13(19)17-22-16-12)9-6-4-5-7-11(9)18/h4-8H,1-3H3,(H,17,19). The van der Waals surface area contributed by atoms with Gasteiger partial charge in [-0.2, -0.15) is 4.37 Å². The smallest absolute Gasteiger partial charge is 0.419 e. The Morgan fingerprint density at radius 2 is 2.05 bits per heavy atom. The quantitative estimate of drug-likeness (QED) is 0.747. The minimum atomic E-state index is -0.597. The fourth-order valence-corrected chi connectivity index (χ4v) is 2.70. The predicted molar refractivity (Wildman–Crippen MR) is 85.3 cm³/mol. The Morgan fingerprint density at radius 1 is 1.32 bits per heavy atom. The van der Waals surface area contributed by atoms with Gasteiger partial charge < -0.3 is 4.74 Å². The highest BCUT2D eigenvalue weighted by Gasteiger charge is 2.22. The van der Waals surface area contributed by atoms with Crippen molar-refractivity contribution in [3.8, 4) is 11.3 Å². The lowest BCUT2D eigenvalue weighted by atomic mass is 10.1. The SMILES string of the molecule is CC(C)(C)OC(=O)n1cc(-c2ns[nH]c2=O)c2ccccc21. The molecule has 0 aliphatic heterocycles. The van der Waals surface area contributed by atoms with Gasteiger partial charge in [0.05, 0.1) is 5.52 Å². The fraction of sp³-hybridized carbons (Fsp3) is 0.267. The average Bonchev–Trinajstić information content (AvgIpc) is 3.00. The molecule has 0 fully saturated rings. The summed E-state index contributed by atoms with van der Waals surface area (Å²) in [6, 6.07) is 7.34. The molecule has 0 unspecified atom stereocenters. The molecule has 0 atom stereocenters. The van der Waals surface area contributed by atoms with E-state index in [0.717, 1.165) is 17.1 Å². The van der Waals surface area contributed by atoms with Gasteiger partial charge in [-0.25, -0.2) is 4.79 Å². The van der Waals surface area contributed by atoms with Crippen molar-refractivity contribution in [2.75, 3.05) is 0 Å². The Labute approximate surface area is 130 Å². The van der Waals surface area contributed by atoms with Gasteiger partial charge in [0.1, 0.15) is 5.60 Å². The molecule has 0 saturated carbocycles. The van der Waals surface area contributed by atoms with Crippen LogP contribution in [0.5, 0.6) is 0 Å². The van der Waals surface area contributed by atoms with Gasteiger partial charge in [0.2, 0.25) is 0 Å². The molecule has 0 aliphatic carbocycles. The van der Waals surface area contributed by atoms with Crippen LogP contribution in [0, 0.1) is 0 Å². The maximum absolute atomic E-state index is 12.4. The van der Waals surface area contributed by atoms with Gasteiger partial charge in [-0.3, -0.25) is 13.7 Å². The molecular formula is C15H15N3O3S. The molecule has 7 heteroatoms. The molecule has 1 N–H and O–H groups in total. The van der Waals surface area contributed by atoms with E-state index in [1.54, 1.807) is 6.20 Å². The molecule has 1 aromatic carbocycles. The molecule has 2 aromatic heterocycles. The second-order valence-electron chi connectivity index (χ2n) is 5.87. The Morgan fingerprint density at radius 3 is 2.68 bits per heavy atom. The number of aromatic nitrogens is 3. The lowest BCUT2D eigenvalue weighted by molar-refractivity contribution is 0.0544. The molecule has 0 amide bonds. The van der Waals surface area contributed by atoms with Crippen molar-refractivity contribution >= 4 is 28.7 Å². The first-order valence-electron chi connectivity index (χ1n) is 6.75. The summed E-state index contributed by atoms with van der Waals surface area (Å²) in [6.45, 7) is 5.42. The van der Waals surface area contributed by atoms with Crippen LogP contribution in [0.1, 0.15) is 20.8 Å². The van der Waals surface area contributed by atoms with Gasteiger partial charge in [0.15, 0.2) is 5.69 Å². The van der Waals surface area contributed by atoms with E-state index in [0.29, 0.717) is 16.8 Å². The number of H-pyrrole nitrogens is 1. The zero-order valence-electron chi connectivity index (χ0n) is 12.4. The predicted octanol–water partition coefficient (Wildman–Crippen LogP) is 3.24. The van der Waals surface area contributed by atoms with Gasteiger partial charge >= 0.3 is 6.09 Å². The lowest BCUT2D eigenvalue weighted by Gasteiger charge is -2.19. The summed E-state index contributed by atoms with van der Waals surface area (Å²) in [5, 5.41) is 0.782. The van der Waals surface area contributed by atoms with Crippen LogP contribution in [0.2, 0.25) is 0 Å². The summed E-state index contributed by atoms with van der Waals surface area (Å²) in [4.78, 5) is 24.2. The number of nitrogens with zero attached hydrogens (tertiary/aromatic N) is 2. The van der Waals surface area contributed by atoms with E-state index in [1.807, 2.05) is 45.0 Å². The maximum atomic E-state index is 12.4. The topological polar surface area (TPSA) is 77.0 Å². The number of carbonyl (C=O) groups excluding carboxylic acids is 1. The number of carbonyl (C=O) groups is 1. The lowest BCUT2D eigenvalue weighted by Crippen LogP contribution is -2.26. The third kappa shape index (κ3) is 2.55. The van der Waals surface area contributed by atoms with Crippen LogP contribution in [0.3, 0.4) is 0 Å². The van der Waals surface area contributed by atoms with E-state index in [4.69, 9.17) is 4.74 Å². The number of hydrogen-bond acceptors (Lipinski definition) is 5. The first-order valence-corrected chi connectivity index (χ1v) is 7.52. The normalized spacial score (nSPS) is 11.8. The number of benzene rings is 1. The first kappa shape index (κ1) is 14.5. The highest BCUT2D eigenvalue weighted by molar-refractivity contribution is 6.99. The molecule has 0 radical (unpaired) electrons. The van der Waals surface area contributed by atoms with Crippen molar-refractivity contribution in [2.24, 2.45) is 0 Å². The van der Waals surface area contributed by atoms with Gasteiger partial charge in [-0.15, -0.1) is 0 Å². The summed E-state index contributed by atoms with van der Waals surface area (Å²) in [5.74, 6) is 0. The number of rotatable bonds is 1. The molecule has 3 rings (SSSR count). The number of nitrogens with one attached hydrogen (secondary N) is 1. The molecule has 22 heavy (non-hydrogen) atoms. The maximum Gasteiger partial charge on any atom is 0.419 e. The largest absolute Gasteiger partial charge is 0.443 e. The van der Waals surface area contributed by atoms with Crippen LogP contribution in [-0.4, -0.2) is 25.0 Å². The zero-order chi connectivity index (χ0) is 15.9. The fourth-order valence-electron chi connectivity index (χ4n) is 2.20. The highest BCUT2D eigenvalue weighted by Crippen LogP contribution is 2.28. The minimum absolute atomic E-state index is 0.267. The van der Waals surface area contributed by atoms with E-state index in [9.17, 15) is 9.59 Å². The summed E-state index contributed by atoms with van der Waals surface area (Å²) in [7, 11) is 0. The van der Waals surface area contributed by atoms with Gasteiger partial charge in [0.25, 0.3) is 5.56 Å². The first-order chi connectivity index (χ1) is 10.4. The number of aromatic amines is 1. The van der Waals surface area contributed by atoms with E-state index in [1.165, 1.54) is 4.57 Å². The van der Waals surface area contributed by atoms with Crippen LogP contribution in [0.15, 0.2) is 35.3 Å². The van der Waals surface area contributed by atoms with Crippen molar-refractivity contribution in [3.63, 3.8) is 0 Å². The van der Waals surface area contributed by atoms with Crippen LogP contribution in [0.25, 0.3) is 22.2 Å². The molecular weight excluding hydrogens is 302 g/mol. The van der Waals surface area contributed by atoms with Crippen molar-refractivity contribution in [3.05, 3.63) is 40.8 Å². The van der Waals surface area contributed by atoms with E-state index < -0.39 is 11.7 Å². The highest BCUT2D eigenvalue weighted by atomic mass is 32.1. The molecule has 0 saturated heterocycles. The Kier molecular flexibility index (Phi) is 3.37. The van der Waals surface area contributed by atoms with Crippen LogP contribution in [-0.2, 0) is 4.74 Å². The minimum Gasteiger partial charge on any atom is -0.443 e. The Balaban J connectivity index is 2.19. The zero-order valence-corrected chi connectivity index (χ0v) is 13.2. The van der Waals surface area contributed by atoms with Crippen molar-refractivity contribution < 1.29 is 9.53 Å². The second kappa shape index (κ2) is 5.10. The molecule has 0 spiro atoms. The van der Waals surface area contributed by atoms with Gasteiger partial charge in [-0.1, -0.05) is 18.2 Å². The molecule has 0 aliphatic rings. The number of ether oxygens (including phenoxy) is 1. The third-order valence-electron chi connectivity index (χ3n) is 3.05. The Hall–Kier alpha value is -2.41. The van der Waals surface area contributed by atoms with Crippen LogP contribution < -0.4 is 5.56 Å². The van der Waals surface area contributed by atoms with Gasteiger partial charge in [0, 0.05) is 28.9 Å². The summed E-state index contributed by atoms with van der Waals surface area (Å²) >= 11 is 0.984. The van der Waals surface area contributed by atoms with Crippen molar-refractivity contribution in [1.82, 2.24) is 13.3 Å². The third-order valence-corrected chi connectivity index (χ3v) is 3.60. The van der Waals surface area contributed by atoms with E-state index in [2.05, 4.69) is 8.75 Å². The number of para-hydroxylation sites is 1. The Bertz CT molecular complexity index is 899. The number of fused-ring (bicyclic) bond motifs is 1. The number of hydrogen-bond donors (Lipinski definition) is 1. The molecule has 2 heterocycles. The molecule has 6 nitrogen and oxygen atoms in total. The molecule has 114 valence electrons. The molecule has 3 aromatic rings. The summed E-state index contributed by atoms with van der Waals surface area (Å²) < 4.78 is 13.5. The monoisotopic (exact) mass is 317 g/mol. The van der Waals surface area contributed by atoms with Gasteiger partial charge in [-0.05, 0) is 26.8 Å². The summed E-state index contributed by atoms with van der Waals surface area (Å²) in [5.41, 5.74) is 0.740. The van der Waals surface area contributed by atoms with E-state index >= 15 is 0 Å². The van der Waals surface area contributed by atoms with Crippen LogP contribution >= 0.6 is 11.7 Å². The molecule has 0 bridgehead atoms. The van der Waals surface area contributed by atoms with Crippen LogP contribution in [0.4, 0.5) is 4.79 Å².